The molecule has 112 valence electrons. The number of thiazole rings is 1. The highest BCUT2D eigenvalue weighted by atomic mass is 32.1. The molecular weight excluding hydrogens is 278 g/mol. The minimum absolute atomic E-state index is 0.672. The smallest absolute Gasteiger partial charge is 0.142 e. The lowest BCUT2D eigenvalue weighted by Crippen LogP contribution is -2.29. The molecule has 0 unspecified atom stereocenters. The van der Waals surface area contributed by atoms with Crippen LogP contribution in [0.2, 0.25) is 0 Å². The van der Waals surface area contributed by atoms with Gasteiger partial charge in [0, 0.05) is 24.2 Å². The van der Waals surface area contributed by atoms with Gasteiger partial charge in [-0.05, 0) is 25.0 Å². The van der Waals surface area contributed by atoms with Gasteiger partial charge in [0.2, 0.25) is 0 Å². The van der Waals surface area contributed by atoms with Crippen LogP contribution in [0, 0.1) is 0 Å². The molecule has 1 fully saturated rings. The highest BCUT2D eigenvalue weighted by molar-refractivity contribution is 7.13. The van der Waals surface area contributed by atoms with E-state index in [2.05, 4.69) is 15.7 Å². The molecule has 3 rings (SSSR count). The third kappa shape index (κ3) is 4.35. The molecule has 0 spiro atoms. The summed E-state index contributed by atoms with van der Waals surface area (Å²) >= 11 is 1.68. The molecule has 1 aliphatic rings. The monoisotopic (exact) mass is 301 g/mol. The molecular formula is C17H23N3S. The standard InChI is InChI=1S/C17H23N3S/c1-2-4-8-14(9-5-3-1)19-12-15-13-21-17(20-15)16-10-6-7-11-18-16/h6-7,10-11,13-14,19H,1-5,8-9,12H2. The lowest BCUT2D eigenvalue weighted by molar-refractivity contribution is 0.388. The summed E-state index contributed by atoms with van der Waals surface area (Å²) < 4.78 is 0. The molecule has 0 atom stereocenters. The van der Waals surface area contributed by atoms with Crippen molar-refractivity contribution >= 4 is 11.3 Å². The fourth-order valence-corrected chi connectivity index (χ4v) is 3.70. The molecule has 2 aromatic rings. The third-order valence-corrected chi connectivity index (χ3v) is 5.03. The molecule has 0 aromatic carbocycles. The topological polar surface area (TPSA) is 37.8 Å². The Balaban J connectivity index is 1.54. The van der Waals surface area contributed by atoms with E-state index in [4.69, 9.17) is 4.98 Å². The zero-order chi connectivity index (χ0) is 14.3. The van der Waals surface area contributed by atoms with Crippen molar-refractivity contribution in [3.63, 3.8) is 0 Å². The van der Waals surface area contributed by atoms with Gasteiger partial charge in [0.25, 0.3) is 0 Å². The van der Waals surface area contributed by atoms with Gasteiger partial charge in [0.1, 0.15) is 5.01 Å². The zero-order valence-corrected chi connectivity index (χ0v) is 13.2. The van der Waals surface area contributed by atoms with Gasteiger partial charge in [-0.3, -0.25) is 4.98 Å². The predicted molar refractivity (Wildman–Crippen MR) is 88.3 cm³/mol. The van der Waals surface area contributed by atoms with Gasteiger partial charge >= 0.3 is 0 Å². The van der Waals surface area contributed by atoms with Crippen LogP contribution >= 0.6 is 11.3 Å². The summed E-state index contributed by atoms with van der Waals surface area (Å²) in [4.78, 5) is 9.06. The second kappa shape index (κ2) is 7.66. The van der Waals surface area contributed by atoms with Crippen LogP contribution in [0.1, 0.15) is 50.6 Å². The van der Waals surface area contributed by atoms with Crippen LogP contribution in [0.25, 0.3) is 10.7 Å². The zero-order valence-electron chi connectivity index (χ0n) is 12.4. The van der Waals surface area contributed by atoms with Crippen LogP contribution in [-0.2, 0) is 6.54 Å². The molecule has 21 heavy (non-hydrogen) atoms. The largest absolute Gasteiger partial charge is 0.308 e. The Labute approximate surface area is 130 Å². The Morgan fingerprint density at radius 1 is 1.10 bits per heavy atom. The number of nitrogens with one attached hydrogen (secondary N) is 1. The first-order chi connectivity index (χ1) is 10.4. The normalized spacial score (nSPS) is 17.3. The van der Waals surface area contributed by atoms with E-state index in [-0.39, 0.29) is 0 Å². The molecule has 1 N–H and O–H groups in total. The van der Waals surface area contributed by atoms with Crippen molar-refractivity contribution < 1.29 is 0 Å². The quantitative estimate of drug-likeness (QED) is 0.909. The summed E-state index contributed by atoms with van der Waals surface area (Å²) in [6.07, 6.45) is 11.4. The van der Waals surface area contributed by atoms with Gasteiger partial charge in [-0.15, -0.1) is 11.3 Å². The van der Waals surface area contributed by atoms with E-state index in [1.807, 2.05) is 24.4 Å². The molecule has 2 aromatic heterocycles. The molecule has 2 heterocycles. The maximum atomic E-state index is 4.70. The summed E-state index contributed by atoms with van der Waals surface area (Å²) in [5, 5.41) is 6.87. The average molecular weight is 301 g/mol. The van der Waals surface area contributed by atoms with Gasteiger partial charge in [-0.2, -0.15) is 0 Å². The van der Waals surface area contributed by atoms with Gasteiger partial charge in [0.05, 0.1) is 11.4 Å². The first kappa shape index (κ1) is 14.7. The molecule has 3 nitrogen and oxygen atoms in total. The Morgan fingerprint density at radius 2 is 1.90 bits per heavy atom. The number of pyridine rings is 1. The lowest BCUT2D eigenvalue weighted by Gasteiger charge is -2.20. The van der Waals surface area contributed by atoms with Crippen molar-refractivity contribution in [2.75, 3.05) is 0 Å². The first-order valence-electron chi connectivity index (χ1n) is 8.01. The summed E-state index contributed by atoms with van der Waals surface area (Å²) in [6, 6.07) is 6.64. The Hall–Kier alpha value is -1.26. The maximum absolute atomic E-state index is 4.70. The highest BCUT2D eigenvalue weighted by Gasteiger charge is 2.12. The van der Waals surface area contributed by atoms with E-state index in [1.165, 1.54) is 44.9 Å². The van der Waals surface area contributed by atoms with Crippen LogP contribution in [0.3, 0.4) is 0 Å². The Morgan fingerprint density at radius 3 is 2.67 bits per heavy atom. The lowest BCUT2D eigenvalue weighted by atomic mass is 9.97. The fraction of sp³-hybridized carbons (Fsp3) is 0.529. The van der Waals surface area contributed by atoms with E-state index < -0.39 is 0 Å². The second-order valence-corrected chi connectivity index (χ2v) is 6.64. The summed E-state index contributed by atoms with van der Waals surface area (Å²) in [5.41, 5.74) is 2.11. The van der Waals surface area contributed by atoms with E-state index in [0.29, 0.717) is 6.04 Å². The van der Waals surface area contributed by atoms with E-state index in [1.54, 1.807) is 11.3 Å². The van der Waals surface area contributed by atoms with Crippen molar-refractivity contribution in [1.82, 2.24) is 15.3 Å². The number of nitrogens with zero attached hydrogens (tertiary/aromatic N) is 2. The number of hydrogen-bond acceptors (Lipinski definition) is 4. The molecule has 0 radical (unpaired) electrons. The maximum Gasteiger partial charge on any atom is 0.142 e. The highest BCUT2D eigenvalue weighted by Crippen LogP contribution is 2.22. The van der Waals surface area contributed by atoms with Crippen molar-refractivity contribution in [1.29, 1.82) is 0 Å². The van der Waals surface area contributed by atoms with Gasteiger partial charge < -0.3 is 5.32 Å². The molecule has 0 bridgehead atoms. The van der Waals surface area contributed by atoms with Crippen molar-refractivity contribution in [2.45, 2.75) is 57.5 Å². The second-order valence-electron chi connectivity index (χ2n) is 5.78. The molecule has 1 aliphatic carbocycles. The van der Waals surface area contributed by atoms with E-state index >= 15 is 0 Å². The van der Waals surface area contributed by atoms with Crippen LogP contribution < -0.4 is 5.32 Å². The average Bonchev–Trinajstić information content (AvgIpc) is 2.96. The number of rotatable bonds is 4. The van der Waals surface area contributed by atoms with Gasteiger partial charge in [0.15, 0.2) is 0 Å². The van der Waals surface area contributed by atoms with Crippen LogP contribution in [0.5, 0.6) is 0 Å². The Bertz CT molecular complexity index is 530. The molecule has 0 saturated heterocycles. The molecule has 0 aliphatic heterocycles. The molecule has 4 heteroatoms. The predicted octanol–water partition coefficient (Wildman–Crippen LogP) is 4.41. The van der Waals surface area contributed by atoms with Crippen LogP contribution in [-0.4, -0.2) is 16.0 Å². The first-order valence-corrected chi connectivity index (χ1v) is 8.89. The minimum atomic E-state index is 0.672. The fourth-order valence-electron chi connectivity index (χ4n) is 2.90. The summed E-state index contributed by atoms with van der Waals surface area (Å²) in [6.45, 7) is 0.883. The molecule has 0 amide bonds. The number of aromatic nitrogens is 2. The van der Waals surface area contributed by atoms with Gasteiger partial charge in [-0.1, -0.05) is 38.2 Å². The summed E-state index contributed by atoms with van der Waals surface area (Å²) in [5.74, 6) is 0. The number of hydrogen-bond donors (Lipinski definition) is 1. The van der Waals surface area contributed by atoms with Crippen LogP contribution in [0.15, 0.2) is 29.8 Å². The van der Waals surface area contributed by atoms with E-state index in [0.717, 1.165) is 22.9 Å². The molecule has 1 saturated carbocycles. The SMILES string of the molecule is c1ccc(-c2nc(CNC3CCCCCCC3)cs2)nc1. The minimum Gasteiger partial charge on any atom is -0.308 e. The van der Waals surface area contributed by atoms with Gasteiger partial charge in [-0.25, -0.2) is 4.98 Å². The summed E-state index contributed by atoms with van der Waals surface area (Å²) in [7, 11) is 0. The van der Waals surface area contributed by atoms with E-state index in [9.17, 15) is 0 Å². The van der Waals surface area contributed by atoms with Crippen molar-refractivity contribution in [3.8, 4) is 10.7 Å². The third-order valence-electron chi connectivity index (χ3n) is 4.11. The van der Waals surface area contributed by atoms with Crippen LogP contribution in [0.4, 0.5) is 0 Å². The van der Waals surface area contributed by atoms with Crippen molar-refractivity contribution in [3.05, 3.63) is 35.5 Å². The Kier molecular flexibility index (Phi) is 5.35. The van der Waals surface area contributed by atoms with Crippen molar-refractivity contribution in [2.24, 2.45) is 0 Å².